The molecule has 0 fully saturated rings. The highest BCUT2D eigenvalue weighted by Crippen LogP contribution is 2.21. The fourth-order valence-corrected chi connectivity index (χ4v) is 2.71. The van der Waals surface area contributed by atoms with Gasteiger partial charge in [-0.1, -0.05) is 12.1 Å². The number of amides is 1. The molecule has 4 rings (SSSR count). The van der Waals surface area contributed by atoms with E-state index in [1.54, 1.807) is 19.1 Å². The summed E-state index contributed by atoms with van der Waals surface area (Å²) in [6.07, 6.45) is 0. The van der Waals surface area contributed by atoms with E-state index in [0.717, 1.165) is 11.0 Å². The highest BCUT2D eigenvalue weighted by molar-refractivity contribution is 6.12. The molecule has 0 aliphatic carbocycles. The molecule has 0 spiro atoms. The molecule has 0 aliphatic rings. The molecule has 2 heterocycles. The van der Waals surface area contributed by atoms with E-state index in [2.05, 4.69) is 20.3 Å². The second-order valence-corrected chi connectivity index (χ2v) is 5.53. The summed E-state index contributed by atoms with van der Waals surface area (Å²) in [5.41, 5.74) is 3.13. The molecular weight excluding hydrogens is 307 g/mol. The van der Waals surface area contributed by atoms with E-state index in [9.17, 15) is 9.18 Å². The zero-order chi connectivity index (χ0) is 16.7. The van der Waals surface area contributed by atoms with Gasteiger partial charge in [-0.25, -0.2) is 9.37 Å². The van der Waals surface area contributed by atoms with E-state index < -0.39 is 0 Å². The number of anilines is 1. The van der Waals surface area contributed by atoms with Gasteiger partial charge < -0.3 is 4.98 Å². The van der Waals surface area contributed by atoms with Crippen molar-refractivity contribution in [2.24, 2.45) is 0 Å². The molecule has 2 aromatic carbocycles. The number of aromatic nitrogens is 3. The number of rotatable bonds is 2. The first-order chi connectivity index (χ1) is 11.6. The summed E-state index contributed by atoms with van der Waals surface area (Å²) >= 11 is 0. The molecule has 5 nitrogen and oxygen atoms in total. The number of benzene rings is 2. The van der Waals surface area contributed by atoms with Gasteiger partial charge in [0, 0.05) is 17.1 Å². The van der Waals surface area contributed by atoms with Crippen molar-refractivity contribution in [2.45, 2.75) is 6.92 Å². The molecule has 0 atom stereocenters. The molecule has 118 valence electrons. The van der Waals surface area contributed by atoms with Gasteiger partial charge in [0.05, 0.1) is 22.1 Å². The fourth-order valence-electron chi connectivity index (χ4n) is 2.71. The van der Waals surface area contributed by atoms with Crippen LogP contribution in [0.2, 0.25) is 0 Å². The molecule has 0 aliphatic heterocycles. The van der Waals surface area contributed by atoms with Crippen molar-refractivity contribution in [1.29, 1.82) is 0 Å². The van der Waals surface area contributed by atoms with Crippen LogP contribution >= 0.6 is 0 Å². The Morgan fingerprint density at radius 3 is 2.75 bits per heavy atom. The van der Waals surface area contributed by atoms with Crippen molar-refractivity contribution >= 4 is 33.8 Å². The number of nitrogens with one attached hydrogen (secondary N) is 2. The molecule has 2 N–H and O–H groups in total. The van der Waals surface area contributed by atoms with Crippen LogP contribution in [0.15, 0.2) is 48.5 Å². The van der Waals surface area contributed by atoms with Gasteiger partial charge >= 0.3 is 0 Å². The summed E-state index contributed by atoms with van der Waals surface area (Å²) in [7, 11) is 0. The Morgan fingerprint density at radius 2 is 1.92 bits per heavy atom. The number of para-hydroxylation sites is 2. The van der Waals surface area contributed by atoms with E-state index in [0.29, 0.717) is 28.1 Å². The van der Waals surface area contributed by atoms with Crippen molar-refractivity contribution < 1.29 is 9.18 Å². The highest BCUT2D eigenvalue weighted by atomic mass is 19.1. The van der Waals surface area contributed by atoms with Crippen molar-refractivity contribution in [2.75, 3.05) is 5.32 Å². The second-order valence-electron chi connectivity index (χ2n) is 5.53. The third-order valence-electron chi connectivity index (χ3n) is 3.77. The van der Waals surface area contributed by atoms with Gasteiger partial charge in [-0.05, 0) is 37.3 Å². The maximum Gasteiger partial charge on any atom is 0.258 e. The number of H-pyrrole nitrogens is 1. The minimum absolute atomic E-state index is 0.323. The van der Waals surface area contributed by atoms with Crippen LogP contribution in [0.3, 0.4) is 0 Å². The monoisotopic (exact) mass is 320 g/mol. The number of hydrogen-bond acceptors (Lipinski definition) is 3. The van der Waals surface area contributed by atoms with Gasteiger partial charge in [-0.15, -0.1) is 0 Å². The lowest BCUT2D eigenvalue weighted by atomic mass is 10.1. The van der Waals surface area contributed by atoms with Crippen LogP contribution < -0.4 is 5.32 Å². The van der Waals surface area contributed by atoms with E-state index in [4.69, 9.17) is 0 Å². The minimum atomic E-state index is -0.385. The molecule has 2 aromatic heterocycles. The lowest BCUT2D eigenvalue weighted by Crippen LogP contribution is -2.14. The van der Waals surface area contributed by atoms with Crippen LogP contribution in [-0.2, 0) is 0 Å². The third-order valence-corrected chi connectivity index (χ3v) is 3.77. The van der Waals surface area contributed by atoms with Gasteiger partial charge in [-0.3, -0.25) is 15.1 Å². The first-order valence-corrected chi connectivity index (χ1v) is 7.43. The number of pyridine rings is 1. The smallest absolute Gasteiger partial charge is 0.258 e. The SMILES string of the molecule is Cc1cc(C(=O)Nc2nc3ccccc3[nH]2)c2ccc(F)cc2n1. The van der Waals surface area contributed by atoms with Crippen LogP contribution in [0.5, 0.6) is 0 Å². The number of halogens is 1. The number of carbonyl (C=O) groups is 1. The number of fused-ring (bicyclic) bond motifs is 2. The normalized spacial score (nSPS) is 11.1. The second kappa shape index (κ2) is 5.42. The number of aromatic amines is 1. The summed E-state index contributed by atoms with van der Waals surface area (Å²) in [4.78, 5) is 24.3. The van der Waals surface area contributed by atoms with Gasteiger partial charge in [0.1, 0.15) is 5.82 Å². The maximum absolute atomic E-state index is 13.4. The third kappa shape index (κ3) is 2.48. The Kier molecular flexibility index (Phi) is 3.23. The first kappa shape index (κ1) is 14.3. The molecule has 1 amide bonds. The maximum atomic E-state index is 13.4. The minimum Gasteiger partial charge on any atom is -0.324 e. The Bertz CT molecular complexity index is 1050. The largest absolute Gasteiger partial charge is 0.324 e. The summed E-state index contributed by atoms with van der Waals surface area (Å²) in [5, 5.41) is 3.35. The fraction of sp³-hybridized carbons (Fsp3) is 0.0556. The number of imidazole rings is 1. The molecule has 0 saturated heterocycles. The van der Waals surface area contributed by atoms with Crippen LogP contribution in [-0.4, -0.2) is 20.9 Å². The predicted molar refractivity (Wildman–Crippen MR) is 90.5 cm³/mol. The average Bonchev–Trinajstić information content (AvgIpc) is 2.95. The zero-order valence-electron chi connectivity index (χ0n) is 12.8. The molecular formula is C18H13FN4O. The molecule has 0 radical (unpaired) electrons. The lowest BCUT2D eigenvalue weighted by molar-refractivity contribution is 0.102. The van der Waals surface area contributed by atoms with E-state index in [-0.39, 0.29) is 11.7 Å². The van der Waals surface area contributed by atoms with Gasteiger partial charge in [0.15, 0.2) is 0 Å². The summed E-state index contributed by atoms with van der Waals surface area (Å²) in [5.74, 6) is -0.341. The van der Waals surface area contributed by atoms with Crippen molar-refractivity contribution in [3.63, 3.8) is 0 Å². The van der Waals surface area contributed by atoms with Gasteiger partial charge in [0.2, 0.25) is 5.95 Å². The number of hydrogen-bond donors (Lipinski definition) is 2. The van der Waals surface area contributed by atoms with E-state index in [1.165, 1.54) is 12.1 Å². The summed E-state index contributed by atoms with van der Waals surface area (Å²) < 4.78 is 13.4. The number of carbonyl (C=O) groups excluding carboxylic acids is 1. The van der Waals surface area contributed by atoms with E-state index in [1.807, 2.05) is 24.3 Å². The van der Waals surface area contributed by atoms with Crippen LogP contribution in [0, 0.1) is 12.7 Å². The molecule has 24 heavy (non-hydrogen) atoms. The molecule has 6 heteroatoms. The molecule has 0 saturated carbocycles. The quantitative estimate of drug-likeness (QED) is 0.590. The first-order valence-electron chi connectivity index (χ1n) is 7.43. The molecule has 0 bridgehead atoms. The average molecular weight is 320 g/mol. The molecule has 4 aromatic rings. The summed E-state index contributed by atoms with van der Waals surface area (Å²) in [6.45, 7) is 1.77. The number of nitrogens with zero attached hydrogens (tertiary/aromatic N) is 2. The van der Waals surface area contributed by atoms with Crippen molar-refractivity contribution in [3.05, 3.63) is 65.6 Å². The Hall–Kier alpha value is -3.28. The number of aryl methyl sites for hydroxylation is 1. The van der Waals surface area contributed by atoms with Gasteiger partial charge in [-0.2, -0.15) is 0 Å². The highest BCUT2D eigenvalue weighted by Gasteiger charge is 2.14. The van der Waals surface area contributed by atoms with Crippen molar-refractivity contribution in [1.82, 2.24) is 15.0 Å². The van der Waals surface area contributed by atoms with Crippen LogP contribution in [0.4, 0.5) is 10.3 Å². The van der Waals surface area contributed by atoms with E-state index >= 15 is 0 Å². The topological polar surface area (TPSA) is 70.7 Å². The van der Waals surface area contributed by atoms with Gasteiger partial charge in [0.25, 0.3) is 5.91 Å². The standard InChI is InChI=1S/C18H13FN4O/c1-10-8-13(12-7-6-11(19)9-16(12)20-10)17(24)23-18-21-14-4-2-3-5-15(14)22-18/h2-9H,1H3,(H2,21,22,23,24). The predicted octanol–water partition coefficient (Wildman–Crippen LogP) is 3.81. The van der Waals surface area contributed by atoms with Crippen molar-refractivity contribution in [3.8, 4) is 0 Å². The molecule has 0 unspecified atom stereocenters. The summed E-state index contributed by atoms with van der Waals surface area (Å²) in [6, 6.07) is 13.4. The Morgan fingerprint density at radius 1 is 1.08 bits per heavy atom. The lowest BCUT2D eigenvalue weighted by Gasteiger charge is -2.07. The Balaban J connectivity index is 1.75. The van der Waals surface area contributed by atoms with Crippen LogP contribution in [0.25, 0.3) is 21.9 Å². The Labute approximate surface area is 136 Å². The zero-order valence-corrected chi connectivity index (χ0v) is 12.8. The van der Waals surface area contributed by atoms with Crippen LogP contribution in [0.1, 0.15) is 16.1 Å².